The Hall–Kier alpha value is -2.39. The molecule has 0 aromatic heterocycles. The molecule has 0 bridgehead atoms. The van der Waals surface area contributed by atoms with Gasteiger partial charge in [0.15, 0.2) is 6.29 Å². The molecule has 0 spiro atoms. The lowest BCUT2D eigenvalue weighted by Crippen LogP contribution is -2.02. The fourth-order valence-electron chi connectivity index (χ4n) is 2.53. The van der Waals surface area contributed by atoms with Crippen LogP contribution in [0.2, 0.25) is 0 Å². The van der Waals surface area contributed by atoms with E-state index >= 15 is 0 Å². The van der Waals surface area contributed by atoms with Gasteiger partial charge in [-0.15, -0.1) is 0 Å². The van der Waals surface area contributed by atoms with Gasteiger partial charge in [0.05, 0.1) is 6.61 Å². The van der Waals surface area contributed by atoms with E-state index in [9.17, 15) is 4.79 Å². The van der Waals surface area contributed by atoms with Gasteiger partial charge in [0.25, 0.3) is 0 Å². The molecule has 3 nitrogen and oxygen atoms in total. The molecule has 0 amide bonds. The second-order valence-corrected chi connectivity index (χ2v) is 4.56. The van der Waals surface area contributed by atoms with Crippen molar-refractivity contribution in [2.45, 2.75) is 0 Å². The van der Waals surface area contributed by atoms with E-state index in [0.29, 0.717) is 11.3 Å². The molecule has 3 heteroatoms. The summed E-state index contributed by atoms with van der Waals surface area (Å²) in [6, 6.07) is 15.5. The fourth-order valence-corrected chi connectivity index (χ4v) is 2.53. The minimum atomic E-state index is -0.0552. The summed E-state index contributed by atoms with van der Waals surface area (Å²) in [4.78, 5) is 11.6. The molecule has 0 unspecified atom stereocenters. The summed E-state index contributed by atoms with van der Waals surface area (Å²) in [7, 11) is 0. The van der Waals surface area contributed by atoms with E-state index < -0.39 is 0 Å². The monoisotopic (exact) mass is 266 g/mol. The van der Waals surface area contributed by atoms with E-state index in [2.05, 4.69) is 0 Å². The number of hydrogen-bond acceptors (Lipinski definition) is 3. The van der Waals surface area contributed by atoms with Gasteiger partial charge in [0.1, 0.15) is 12.4 Å². The normalized spacial score (nSPS) is 10.8. The van der Waals surface area contributed by atoms with Gasteiger partial charge in [-0.1, -0.05) is 36.4 Å². The topological polar surface area (TPSA) is 46.5 Å². The number of rotatable bonds is 4. The molecule has 3 rings (SSSR count). The minimum absolute atomic E-state index is 0.0552. The number of hydrogen-bond donors (Lipinski definition) is 1. The zero-order valence-corrected chi connectivity index (χ0v) is 10.9. The van der Waals surface area contributed by atoms with Crippen molar-refractivity contribution in [2.24, 2.45) is 0 Å². The number of fused-ring (bicyclic) bond motifs is 2. The lowest BCUT2D eigenvalue weighted by molar-refractivity contribution is 0.112. The highest BCUT2D eigenvalue weighted by Gasteiger charge is 2.11. The highest BCUT2D eigenvalue weighted by Crippen LogP contribution is 2.33. The second kappa shape index (κ2) is 5.31. The van der Waals surface area contributed by atoms with Crippen molar-refractivity contribution in [2.75, 3.05) is 13.2 Å². The summed E-state index contributed by atoms with van der Waals surface area (Å²) in [6.45, 7) is 0.157. The number of aldehydes is 1. The summed E-state index contributed by atoms with van der Waals surface area (Å²) in [6.07, 6.45) is 0.872. The number of aliphatic hydroxyl groups is 1. The van der Waals surface area contributed by atoms with Crippen LogP contribution in [-0.2, 0) is 0 Å². The summed E-state index contributed by atoms with van der Waals surface area (Å²) in [5.74, 6) is 0.629. The highest BCUT2D eigenvalue weighted by atomic mass is 16.5. The molecular weight excluding hydrogens is 252 g/mol. The average molecular weight is 266 g/mol. The maximum Gasteiger partial charge on any atom is 0.151 e. The first kappa shape index (κ1) is 12.6. The maximum absolute atomic E-state index is 11.6. The molecule has 0 radical (unpaired) electrons. The van der Waals surface area contributed by atoms with Crippen LogP contribution in [0.5, 0.6) is 5.75 Å². The van der Waals surface area contributed by atoms with Crippen LogP contribution in [0.3, 0.4) is 0 Å². The molecule has 3 aromatic rings. The number of carbonyl (C=O) groups excluding carboxylic acids is 1. The molecule has 0 aliphatic carbocycles. The molecule has 3 aromatic carbocycles. The summed E-state index contributed by atoms with van der Waals surface area (Å²) >= 11 is 0. The van der Waals surface area contributed by atoms with Gasteiger partial charge in [-0.25, -0.2) is 0 Å². The Balaban J connectivity index is 2.38. The zero-order chi connectivity index (χ0) is 13.9. The van der Waals surface area contributed by atoms with Crippen LogP contribution in [0.15, 0.2) is 48.5 Å². The van der Waals surface area contributed by atoms with Crippen molar-refractivity contribution in [3.8, 4) is 5.75 Å². The lowest BCUT2D eigenvalue weighted by atomic mass is 9.97. The molecular formula is C17H14O3. The van der Waals surface area contributed by atoms with Crippen LogP contribution < -0.4 is 4.74 Å². The van der Waals surface area contributed by atoms with Gasteiger partial charge < -0.3 is 9.84 Å². The molecule has 0 fully saturated rings. The lowest BCUT2D eigenvalue weighted by Gasteiger charge is -2.12. The number of ether oxygens (including phenoxy) is 1. The van der Waals surface area contributed by atoms with Gasteiger partial charge in [0, 0.05) is 10.9 Å². The molecule has 0 saturated carbocycles. The first-order chi connectivity index (χ1) is 9.85. The Bertz CT molecular complexity index is 778. The van der Waals surface area contributed by atoms with Crippen LogP contribution in [0.4, 0.5) is 0 Å². The Labute approximate surface area is 116 Å². The Morgan fingerprint density at radius 2 is 1.85 bits per heavy atom. The highest BCUT2D eigenvalue weighted by molar-refractivity contribution is 6.14. The first-order valence-corrected chi connectivity index (χ1v) is 6.48. The first-order valence-electron chi connectivity index (χ1n) is 6.48. The number of aliphatic hydroxyl groups excluding tert-OH is 1. The van der Waals surface area contributed by atoms with Crippen molar-refractivity contribution in [1.29, 1.82) is 0 Å². The third-order valence-corrected chi connectivity index (χ3v) is 3.36. The van der Waals surface area contributed by atoms with Crippen molar-refractivity contribution >= 4 is 27.8 Å². The zero-order valence-electron chi connectivity index (χ0n) is 10.9. The number of benzene rings is 3. The Kier molecular flexibility index (Phi) is 3.35. The molecule has 1 N–H and O–H groups in total. The van der Waals surface area contributed by atoms with Gasteiger partial charge in [-0.05, 0) is 28.3 Å². The smallest absolute Gasteiger partial charge is 0.151 e. The van der Waals surface area contributed by atoms with Crippen LogP contribution in [-0.4, -0.2) is 24.6 Å². The van der Waals surface area contributed by atoms with Gasteiger partial charge in [-0.3, -0.25) is 4.79 Å². The molecule has 0 aliphatic heterocycles. The van der Waals surface area contributed by atoms with Crippen molar-refractivity contribution < 1.29 is 14.6 Å². The van der Waals surface area contributed by atoms with Crippen LogP contribution in [0.25, 0.3) is 21.5 Å². The van der Waals surface area contributed by atoms with E-state index in [1.807, 2.05) is 48.5 Å². The van der Waals surface area contributed by atoms with Crippen LogP contribution in [0, 0.1) is 0 Å². The van der Waals surface area contributed by atoms with E-state index in [1.54, 1.807) is 0 Å². The van der Waals surface area contributed by atoms with Gasteiger partial charge >= 0.3 is 0 Å². The van der Waals surface area contributed by atoms with E-state index in [-0.39, 0.29) is 13.2 Å². The summed E-state index contributed by atoms with van der Waals surface area (Å²) in [5, 5.41) is 12.6. The third kappa shape index (κ3) is 2.02. The van der Waals surface area contributed by atoms with Crippen molar-refractivity contribution in [3.63, 3.8) is 0 Å². The average Bonchev–Trinajstić information content (AvgIpc) is 2.50. The van der Waals surface area contributed by atoms with Gasteiger partial charge in [-0.2, -0.15) is 0 Å². The van der Waals surface area contributed by atoms with E-state index in [1.165, 1.54) is 0 Å². The third-order valence-electron chi connectivity index (χ3n) is 3.36. The second-order valence-electron chi connectivity index (χ2n) is 4.56. The molecule has 0 heterocycles. The van der Waals surface area contributed by atoms with Crippen LogP contribution >= 0.6 is 0 Å². The molecule has 100 valence electrons. The predicted octanol–water partition coefficient (Wildman–Crippen LogP) is 3.18. The predicted molar refractivity (Wildman–Crippen MR) is 79.4 cm³/mol. The Morgan fingerprint density at radius 1 is 1.05 bits per heavy atom. The van der Waals surface area contributed by atoms with Crippen molar-refractivity contribution in [1.82, 2.24) is 0 Å². The largest absolute Gasteiger partial charge is 0.491 e. The quantitative estimate of drug-likeness (QED) is 0.582. The minimum Gasteiger partial charge on any atom is -0.491 e. The summed E-state index contributed by atoms with van der Waals surface area (Å²) in [5.41, 5.74) is 0.631. The van der Waals surface area contributed by atoms with E-state index in [4.69, 9.17) is 9.84 Å². The number of carbonyl (C=O) groups is 1. The van der Waals surface area contributed by atoms with E-state index in [0.717, 1.165) is 27.8 Å². The fraction of sp³-hybridized carbons (Fsp3) is 0.118. The standard InChI is InChI=1S/C17H14O3/c18-8-9-20-16-7-3-5-13-10-12-4-1-2-6-14(12)15(11-19)17(13)16/h1-7,10-11,18H,8-9H2. The Morgan fingerprint density at radius 3 is 2.65 bits per heavy atom. The molecule has 20 heavy (non-hydrogen) atoms. The SMILES string of the molecule is O=Cc1c2ccccc2cc2cccc(OCCO)c12. The van der Waals surface area contributed by atoms with Crippen LogP contribution in [0.1, 0.15) is 10.4 Å². The molecule has 0 saturated heterocycles. The molecule has 0 atom stereocenters. The maximum atomic E-state index is 11.6. The van der Waals surface area contributed by atoms with Gasteiger partial charge in [0.2, 0.25) is 0 Å². The summed E-state index contributed by atoms with van der Waals surface area (Å²) < 4.78 is 5.55. The van der Waals surface area contributed by atoms with Crippen molar-refractivity contribution in [3.05, 3.63) is 54.1 Å². The molecule has 0 aliphatic rings.